The third kappa shape index (κ3) is 5.50. The van der Waals surface area contributed by atoms with Gasteiger partial charge in [-0.15, -0.1) is 0 Å². The zero-order chi connectivity index (χ0) is 19.2. The van der Waals surface area contributed by atoms with E-state index in [4.69, 9.17) is 16.6 Å². The van der Waals surface area contributed by atoms with Gasteiger partial charge in [0.2, 0.25) is 11.3 Å². The molecule has 7 N–H and O–H groups in total. The first-order valence-electron chi connectivity index (χ1n) is 7.30. The number of aliphatic carboxylic acids is 1. The number of carboxylic acid groups (broad SMARTS) is 1. The van der Waals surface area contributed by atoms with Crippen LogP contribution in [0.15, 0.2) is 23.3 Å². The van der Waals surface area contributed by atoms with Crippen LogP contribution < -0.4 is 22.2 Å². The van der Waals surface area contributed by atoms with E-state index in [1.165, 1.54) is 10.8 Å². The summed E-state index contributed by atoms with van der Waals surface area (Å²) in [5, 5.41) is 20.4. The highest BCUT2D eigenvalue weighted by Gasteiger charge is 2.43. The molecular formula is C14H20F2N4O5. The molecule has 9 nitrogen and oxygen atoms in total. The third-order valence-corrected chi connectivity index (χ3v) is 3.56. The van der Waals surface area contributed by atoms with Crippen molar-refractivity contribution < 1.29 is 28.6 Å². The second kappa shape index (κ2) is 8.53. The predicted molar refractivity (Wildman–Crippen MR) is 83.1 cm³/mol. The van der Waals surface area contributed by atoms with Gasteiger partial charge in [0.25, 0.3) is 6.43 Å². The molecule has 0 aromatic carbocycles. The second-order valence-corrected chi connectivity index (χ2v) is 5.54. The van der Waals surface area contributed by atoms with Crippen LogP contribution in [0.4, 0.5) is 8.78 Å². The Balaban J connectivity index is 2.47. The smallest absolute Gasteiger partial charge is 0.329 e. The maximum Gasteiger partial charge on any atom is 0.329 e. The number of carbonyl (C=O) groups excluding carboxylic acids is 1. The highest BCUT2D eigenvalue weighted by molar-refractivity contribution is 5.81. The minimum atomic E-state index is -3.24. The molecule has 0 saturated heterocycles. The van der Waals surface area contributed by atoms with E-state index in [9.17, 15) is 28.3 Å². The normalized spacial score (nSPS) is 14.8. The Bertz CT molecular complexity index is 681. The number of hydrogen-bond acceptors (Lipinski definition) is 6. The van der Waals surface area contributed by atoms with Crippen LogP contribution in [0.1, 0.15) is 12.8 Å². The van der Waals surface area contributed by atoms with E-state index in [1.807, 2.05) is 0 Å². The Kier molecular flexibility index (Phi) is 7.00. The number of carbonyl (C=O) groups is 2. The number of nitrogens with zero attached hydrogens (tertiary/aromatic N) is 1. The fourth-order valence-corrected chi connectivity index (χ4v) is 1.97. The summed E-state index contributed by atoms with van der Waals surface area (Å²) < 4.78 is 26.7. The molecule has 0 bridgehead atoms. The topological polar surface area (TPSA) is 161 Å². The number of nitrogens with one attached hydrogen (secondary N) is 1. The molecule has 1 aromatic heterocycles. The van der Waals surface area contributed by atoms with Gasteiger partial charge >= 0.3 is 5.97 Å². The van der Waals surface area contributed by atoms with Crippen LogP contribution in [0.25, 0.3) is 0 Å². The zero-order valence-corrected chi connectivity index (χ0v) is 13.2. The van der Waals surface area contributed by atoms with Crippen LogP contribution >= 0.6 is 0 Å². The van der Waals surface area contributed by atoms with Crippen LogP contribution in [-0.4, -0.2) is 51.2 Å². The number of amides is 1. The Labute approximate surface area is 141 Å². The Morgan fingerprint density at radius 1 is 1.40 bits per heavy atom. The van der Waals surface area contributed by atoms with Gasteiger partial charge in [-0.3, -0.25) is 9.59 Å². The van der Waals surface area contributed by atoms with Gasteiger partial charge in [0, 0.05) is 31.5 Å². The van der Waals surface area contributed by atoms with Crippen LogP contribution in [0.5, 0.6) is 5.75 Å². The molecular weight excluding hydrogens is 342 g/mol. The quantitative estimate of drug-likeness (QED) is 0.346. The number of hydrogen-bond donors (Lipinski definition) is 5. The van der Waals surface area contributed by atoms with Gasteiger partial charge in [-0.2, -0.15) is 0 Å². The van der Waals surface area contributed by atoms with Crippen molar-refractivity contribution in [3.8, 4) is 5.75 Å². The van der Waals surface area contributed by atoms with Crippen LogP contribution in [-0.2, 0) is 16.1 Å². The molecule has 1 rings (SSSR count). The van der Waals surface area contributed by atoms with Crippen molar-refractivity contribution >= 4 is 11.9 Å². The molecule has 0 aliphatic heterocycles. The second-order valence-electron chi connectivity index (χ2n) is 5.54. The molecule has 140 valence electrons. The van der Waals surface area contributed by atoms with Gasteiger partial charge < -0.3 is 31.6 Å². The standard InChI is InChI=1S/C14H20F2N4O5/c15-12(16)14(18,13(24)25)3-1-4-19-11(23)8(17)6-20-5-2-9(21)10(22)7-20/h2,5,7-8,12,22H,1,3-4,6,17-18H2,(H,19,23)(H,24,25). The first-order chi connectivity index (χ1) is 11.6. The van der Waals surface area contributed by atoms with Crippen molar-refractivity contribution in [1.82, 2.24) is 9.88 Å². The molecule has 0 radical (unpaired) electrons. The van der Waals surface area contributed by atoms with E-state index >= 15 is 0 Å². The molecule has 11 heteroatoms. The van der Waals surface area contributed by atoms with Gasteiger partial charge in [-0.05, 0) is 12.8 Å². The summed E-state index contributed by atoms with van der Waals surface area (Å²) in [5.41, 5.74) is 7.58. The molecule has 0 saturated carbocycles. The fraction of sp³-hybridized carbons (Fsp3) is 0.500. The number of nitrogens with two attached hydrogens (primary N) is 2. The van der Waals surface area contributed by atoms with Crippen molar-refractivity contribution in [2.75, 3.05) is 6.54 Å². The van der Waals surface area contributed by atoms with Crippen molar-refractivity contribution in [2.24, 2.45) is 11.5 Å². The largest absolute Gasteiger partial charge is 0.503 e. The molecule has 0 fully saturated rings. The molecule has 2 unspecified atom stereocenters. The maximum absolute atomic E-state index is 12.7. The molecule has 0 aliphatic carbocycles. The highest BCUT2D eigenvalue weighted by Crippen LogP contribution is 2.19. The first-order valence-corrected chi connectivity index (χ1v) is 7.30. The number of pyridine rings is 1. The van der Waals surface area contributed by atoms with Crippen molar-refractivity contribution in [1.29, 1.82) is 0 Å². The summed E-state index contributed by atoms with van der Waals surface area (Å²) in [4.78, 5) is 33.7. The van der Waals surface area contributed by atoms with E-state index in [0.29, 0.717) is 0 Å². The number of alkyl halides is 2. The number of aromatic nitrogens is 1. The summed E-state index contributed by atoms with van der Waals surface area (Å²) in [7, 11) is 0. The SMILES string of the molecule is NC(Cn1ccc(=O)c(O)c1)C(=O)NCCCC(N)(C(=O)O)C(F)F. The van der Waals surface area contributed by atoms with Gasteiger partial charge in [0.15, 0.2) is 11.3 Å². The summed E-state index contributed by atoms with van der Waals surface area (Å²) in [6.45, 7) is -0.118. The first kappa shape index (κ1) is 20.5. The minimum absolute atomic E-state index is 0.0351. The summed E-state index contributed by atoms with van der Waals surface area (Å²) in [6.07, 6.45) is -1.38. The molecule has 1 aromatic rings. The van der Waals surface area contributed by atoms with Crippen molar-refractivity contribution in [3.63, 3.8) is 0 Å². The highest BCUT2D eigenvalue weighted by atomic mass is 19.3. The van der Waals surface area contributed by atoms with E-state index in [2.05, 4.69) is 5.32 Å². The number of aromatic hydroxyl groups is 1. The Morgan fingerprint density at radius 3 is 2.56 bits per heavy atom. The van der Waals surface area contributed by atoms with Crippen molar-refractivity contribution in [3.05, 3.63) is 28.7 Å². The summed E-state index contributed by atoms with van der Waals surface area (Å²) in [6, 6.07) is 0.0796. The predicted octanol–water partition coefficient (Wildman–Crippen LogP) is -1.18. The summed E-state index contributed by atoms with van der Waals surface area (Å²) in [5.74, 6) is -2.91. The van der Waals surface area contributed by atoms with E-state index in [1.54, 1.807) is 0 Å². The van der Waals surface area contributed by atoms with E-state index in [0.717, 1.165) is 12.3 Å². The fourth-order valence-electron chi connectivity index (χ4n) is 1.97. The maximum atomic E-state index is 12.7. The zero-order valence-electron chi connectivity index (χ0n) is 13.2. The average Bonchev–Trinajstić information content (AvgIpc) is 2.54. The van der Waals surface area contributed by atoms with E-state index < -0.39 is 47.5 Å². The Morgan fingerprint density at radius 2 is 2.04 bits per heavy atom. The van der Waals surface area contributed by atoms with E-state index in [-0.39, 0.29) is 19.5 Å². The summed E-state index contributed by atoms with van der Waals surface area (Å²) >= 11 is 0. The molecule has 0 aliphatic rings. The molecule has 1 amide bonds. The molecule has 2 atom stereocenters. The van der Waals surface area contributed by atoms with Gasteiger partial charge in [0.05, 0.1) is 0 Å². The number of carboxylic acids is 1. The third-order valence-electron chi connectivity index (χ3n) is 3.56. The van der Waals surface area contributed by atoms with Gasteiger partial charge in [-0.1, -0.05) is 0 Å². The van der Waals surface area contributed by atoms with Crippen molar-refractivity contribution in [2.45, 2.75) is 37.4 Å². The average molecular weight is 362 g/mol. The molecule has 25 heavy (non-hydrogen) atoms. The molecule has 1 heterocycles. The number of halogens is 2. The minimum Gasteiger partial charge on any atom is -0.503 e. The van der Waals surface area contributed by atoms with Crippen LogP contribution in [0.2, 0.25) is 0 Å². The molecule has 0 spiro atoms. The van der Waals surface area contributed by atoms with Gasteiger partial charge in [-0.25, -0.2) is 13.6 Å². The number of rotatable bonds is 9. The lowest BCUT2D eigenvalue weighted by Gasteiger charge is -2.23. The lowest BCUT2D eigenvalue weighted by Crippen LogP contribution is -2.54. The lowest BCUT2D eigenvalue weighted by molar-refractivity contribution is -0.150. The Hall–Kier alpha value is -2.53. The van der Waals surface area contributed by atoms with Crippen LogP contribution in [0, 0.1) is 0 Å². The van der Waals surface area contributed by atoms with Crippen LogP contribution in [0.3, 0.4) is 0 Å². The van der Waals surface area contributed by atoms with Gasteiger partial charge in [0.1, 0.15) is 6.04 Å². The lowest BCUT2D eigenvalue weighted by atomic mass is 9.95. The monoisotopic (exact) mass is 362 g/mol.